The van der Waals surface area contributed by atoms with E-state index in [1.165, 1.54) is 12.8 Å². The Hall–Kier alpha value is -1.06. The zero-order valence-electron chi connectivity index (χ0n) is 21.7. The van der Waals surface area contributed by atoms with Crippen LogP contribution in [0.15, 0.2) is 0 Å². The molecule has 32 heavy (non-hydrogen) atoms. The highest BCUT2D eigenvalue weighted by Gasteiger charge is 2.51. The van der Waals surface area contributed by atoms with E-state index in [0.29, 0.717) is 0 Å². The second-order valence-electron chi connectivity index (χ2n) is 12.9. The van der Waals surface area contributed by atoms with Crippen LogP contribution in [0, 0.1) is 22.7 Å². The van der Waals surface area contributed by atoms with E-state index in [2.05, 4.69) is 41.5 Å². The summed E-state index contributed by atoms with van der Waals surface area (Å²) in [5.41, 5.74) is -1.03. The summed E-state index contributed by atoms with van der Waals surface area (Å²) in [6, 6.07) is 0. The predicted molar refractivity (Wildman–Crippen MR) is 128 cm³/mol. The summed E-state index contributed by atoms with van der Waals surface area (Å²) in [5.74, 6) is -1.04. The molecule has 0 aromatic rings. The van der Waals surface area contributed by atoms with Crippen LogP contribution in [-0.4, -0.2) is 23.1 Å². The molecule has 0 spiro atoms. The van der Waals surface area contributed by atoms with Gasteiger partial charge in [0.25, 0.3) is 0 Å². The fourth-order valence-corrected chi connectivity index (χ4v) is 6.49. The summed E-state index contributed by atoms with van der Waals surface area (Å²) in [6.07, 6.45) is 14.0. The van der Waals surface area contributed by atoms with E-state index in [0.717, 1.165) is 77.0 Å². The van der Waals surface area contributed by atoms with Gasteiger partial charge >= 0.3 is 11.9 Å². The maximum absolute atomic E-state index is 13.6. The molecule has 3 aliphatic carbocycles. The lowest BCUT2D eigenvalue weighted by molar-refractivity contribution is -0.198. The Morgan fingerprint density at radius 3 is 1.16 bits per heavy atom. The smallest absolute Gasteiger partial charge is 0.310 e. The van der Waals surface area contributed by atoms with Crippen molar-refractivity contribution in [3.05, 3.63) is 0 Å². The summed E-state index contributed by atoms with van der Waals surface area (Å²) in [6.45, 7) is 13.1. The van der Waals surface area contributed by atoms with Crippen molar-refractivity contribution in [3.63, 3.8) is 0 Å². The molecule has 0 N–H and O–H groups in total. The number of rotatable bonds is 4. The second-order valence-corrected chi connectivity index (χ2v) is 12.9. The van der Waals surface area contributed by atoms with Crippen LogP contribution in [-0.2, 0) is 19.1 Å². The zero-order valence-corrected chi connectivity index (χ0v) is 21.7. The predicted octanol–water partition coefficient (Wildman–Crippen LogP) is 7.38. The molecule has 0 heterocycles. The van der Waals surface area contributed by atoms with Crippen molar-refractivity contribution in [2.75, 3.05) is 0 Å². The van der Waals surface area contributed by atoms with Crippen LogP contribution in [0.25, 0.3) is 0 Å². The highest BCUT2D eigenvalue weighted by Crippen LogP contribution is 2.48. The third kappa shape index (κ3) is 5.20. The van der Waals surface area contributed by atoms with Crippen molar-refractivity contribution in [3.8, 4) is 0 Å². The van der Waals surface area contributed by atoms with E-state index >= 15 is 0 Å². The normalized spacial score (nSPS) is 28.6. The molecule has 3 aliphatic rings. The third-order valence-electron chi connectivity index (χ3n) is 9.02. The van der Waals surface area contributed by atoms with Gasteiger partial charge in [-0.25, -0.2) is 0 Å². The molecule has 0 bridgehead atoms. The Morgan fingerprint density at radius 1 is 0.562 bits per heavy atom. The minimum absolute atomic E-state index is 0.105. The summed E-state index contributed by atoms with van der Waals surface area (Å²) in [5, 5.41) is 0. The molecular formula is C28H48O4. The molecule has 184 valence electrons. The average molecular weight is 449 g/mol. The molecule has 0 amide bonds. The molecule has 0 radical (unpaired) electrons. The van der Waals surface area contributed by atoms with Crippen molar-refractivity contribution in [1.29, 1.82) is 0 Å². The van der Waals surface area contributed by atoms with Crippen LogP contribution in [0.5, 0.6) is 0 Å². The fourth-order valence-electron chi connectivity index (χ4n) is 6.49. The van der Waals surface area contributed by atoms with Crippen LogP contribution in [0.4, 0.5) is 0 Å². The monoisotopic (exact) mass is 448 g/mol. The Kier molecular flexibility index (Phi) is 7.72. The van der Waals surface area contributed by atoms with Gasteiger partial charge in [0.2, 0.25) is 0 Å². The maximum atomic E-state index is 13.6. The maximum Gasteiger partial charge on any atom is 0.310 e. The topological polar surface area (TPSA) is 52.6 Å². The Balaban J connectivity index is 1.77. The highest BCUT2D eigenvalue weighted by atomic mass is 16.6. The van der Waals surface area contributed by atoms with E-state index in [-0.39, 0.29) is 34.6 Å². The van der Waals surface area contributed by atoms with Crippen molar-refractivity contribution in [2.24, 2.45) is 22.7 Å². The molecule has 0 saturated heterocycles. The number of hydrogen-bond acceptors (Lipinski definition) is 4. The Morgan fingerprint density at radius 2 is 0.875 bits per heavy atom. The van der Waals surface area contributed by atoms with Gasteiger partial charge < -0.3 is 9.47 Å². The standard InChI is InChI=1S/C28H48O4/c1-25(2,3)27(17-11-7-12-18-27)31-23(29)21-15-9-10-16-22(21)24(30)32-28(26(4,5)6)19-13-8-14-20-28/h21-22H,7-20H2,1-6H3. The zero-order chi connectivity index (χ0) is 23.6. The quantitative estimate of drug-likeness (QED) is 0.421. The number of hydrogen-bond donors (Lipinski definition) is 0. The second kappa shape index (κ2) is 9.66. The lowest BCUT2D eigenvalue weighted by atomic mass is 9.67. The number of carbonyl (C=O) groups excluding carboxylic acids is 2. The van der Waals surface area contributed by atoms with Gasteiger partial charge in [-0.05, 0) is 64.2 Å². The summed E-state index contributed by atoms with van der Waals surface area (Å²) in [7, 11) is 0. The van der Waals surface area contributed by atoms with Crippen LogP contribution < -0.4 is 0 Å². The van der Waals surface area contributed by atoms with E-state index in [9.17, 15) is 9.59 Å². The number of esters is 2. The number of ether oxygens (including phenoxy) is 2. The van der Waals surface area contributed by atoms with Crippen molar-refractivity contribution < 1.29 is 19.1 Å². The van der Waals surface area contributed by atoms with Crippen molar-refractivity contribution in [1.82, 2.24) is 0 Å². The van der Waals surface area contributed by atoms with E-state index in [1.807, 2.05) is 0 Å². The minimum Gasteiger partial charge on any atom is -0.458 e. The molecule has 0 aliphatic heterocycles. The van der Waals surface area contributed by atoms with E-state index in [1.54, 1.807) is 0 Å². The summed E-state index contributed by atoms with van der Waals surface area (Å²) < 4.78 is 12.8. The lowest BCUT2D eigenvalue weighted by Gasteiger charge is -2.48. The van der Waals surface area contributed by atoms with Gasteiger partial charge in [-0.15, -0.1) is 0 Å². The Labute approximate surface area is 196 Å². The molecule has 0 aromatic carbocycles. The molecule has 4 heteroatoms. The first-order valence-electron chi connectivity index (χ1n) is 13.4. The average Bonchev–Trinajstić information content (AvgIpc) is 2.73. The largest absolute Gasteiger partial charge is 0.458 e. The fraction of sp³-hybridized carbons (Fsp3) is 0.929. The molecule has 4 nitrogen and oxygen atoms in total. The molecule has 2 unspecified atom stereocenters. The van der Waals surface area contributed by atoms with Crippen LogP contribution in [0.1, 0.15) is 131 Å². The van der Waals surface area contributed by atoms with Crippen molar-refractivity contribution in [2.45, 2.75) is 143 Å². The molecule has 0 aromatic heterocycles. The third-order valence-corrected chi connectivity index (χ3v) is 9.02. The molecule has 2 atom stereocenters. The molecule has 3 fully saturated rings. The first-order valence-corrected chi connectivity index (χ1v) is 13.4. The van der Waals surface area contributed by atoms with Gasteiger partial charge in [0.1, 0.15) is 11.2 Å². The molecule has 3 rings (SSSR count). The molecule has 3 saturated carbocycles. The summed E-state index contributed by atoms with van der Waals surface area (Å²) >= 11 is 0. The lowest BCUT2D eigenvalue weighted by Crippen LogP contribution is -2.52. The van der Waals surface area contributed by atoms with Crippen molar-refractivity contribution >= 4 is 11.9 Å². The Bertz CT molecular complexity index is 596. The van der Waals surface area contributed by atoms with Gasteiger partial charge in [0.15, 0.2) is 0 Å². The van der Waals surface area contributed by atoms with Crippen LogP contribution >= 0.6 is 0 Å². The first kappa shape index (κ1) is 25.6. The first-order chi connectivity index (χ1) is 14.9. The highest BCUT2D eigenvalue weighted by molar-refractivity contribution is 5.83. The van der Waals surface area contributed by atoms with Gasteiger partial charge in [0, 0.05) is 10.8 Å². The SMILES string of the molecule is CC(C)(C)C1(OC(=O)C2CCCCC2C(=O)OC2(C(C)(C)C)CCCCC2)CCCCC1. The minimum atomic E-state index is -0.412. The van der Waals surface area contributed by atoms with E-state index < -0.39 is 11.2 Å². The summed E-state index contributed by atoms with van der Waals surface area (Å²) in [4.78, 5) is 27.1. The van der Waals surface area contributed by atoms with Crippen LogP contribution in [0.2, 0.25) is 0 Å². The van der Waals surface area contributed by atoms with E-state index in [4.69, 9.17) is 9.47 Å². The van der Waals surface area contributed by atoms with Gasteiger partial charge in [0.05, 0.1) is 11.8 Å². The molecular weight excluding hydrogens is 400 g/mol. The van der Waals surface area contributed by atoms with Gasteiger partial charge in [-0.1, -0.05) is 67.2 Å². The van der Waals surface area contributed by atoms with Gasteiger partial charge in [-0.2, -0.15) is 0 Å². The van der Waals surface area contributed by atoms with Crippen LogP contribution in [0.3, 0.4) is 0 Å². The van der Waals surface area contributed by atoms with Gasteiger partial charge in [-0.3, -0.25) is 9.59 Å². The number of carbonyl (C=O) groups is 2.